The quantitative estimate of drug-likeness (QED) is 0.344. The van der Waals surface area contributed by atoms with E-state index in [2.05, 4.69) is 13.0 Å². The van der Waals surface area contributed by atoms with Crippen molar-refractivity contribution in [2.75, 3.05) is 26.4 Å². The molecule has 2 heterocycles. The third-order valence-corrected chi connectivity index (χ3v) is 2.94. The molecule has 0 aromatic heterocycles. The van der Waals surface area contributed by atoms with Crippen LogP contribution in [0.4, 0.5) is 0 Å². The fourth-order valence-corrected chi connectivity index (χ4v) is 1.71. The number of hydrogen-bond donors (Lipinski definition) is 0. The van der Waals surface area contributed by atoms with E-state index in [4.69, 9.17) is 14.2 Å². The third kappa shape index (κ3) is 5.10. The van der Waals surface area contributed by atoms with Crippen LogP contribution in [0.15, 0.2) is 11.6 Å². The molecular formula is C13H22O3. The SMILES string of the molecule is CCCCC(=CCOCC1CO1)CC1CO1. The number of ether oxygens (including phenoxy) is 3. The van der Waals surface area contributed by atoms with Crippen LogP contribution in [0.5, 0.6) is 0 Å². The van der Waals surface area contributed by atoms with Crippen LogP contribution in [0.2, 0.25) is 0 Å². The minimum absolute atomic E-state index is 0.374. The van der Waals surface area contributed by atoms with Gasteiger partial charge < -0.3 is 14.2 Å². The van der Waals surface area contributed by atoms with Crippen molar-refractivity contribution < 1.29 is 14.2 Å². The van der Waals surface area contributed by atoms with Gasteiger partial charge in [0, 0.05) is 0 Å². The second kappa shape index (κ2) is 6.38. The van der Waals surface area contributed by atoms with E-state index in [1.54, 1.807) is 0 Å². The maximum Gasteiger partial charge on any atom is 0.104 e. The summed E-state index contributed by atoms with van der Waals surface area (Å²) in [5.74, 6) is 0. The highest BCUT2D eigenvalue weighted by molar-refractivity contribution is 5.05. The highest BCUT2D eigenvalue weighted by Gasteiger charge is 2.24. The number of rotatable bonds is 9. The number of unbranched alkanes of at least 4 members (excludes halogenated alkanes) is 1. The standard InChI is InChI=1S/C13H22O3/c1-2-3-4-11(7-12-9-15-12)5-6-14-8-13-10-16-13/h5,12-13H,2-4,6-10H2,1H3. The Hall–Kier alpha value is -0.380. The smallest absolute Gasteiger partial charge is 0.104 e. The van der Waals surface area contributed by atoms with Crippen LogP contribution in [0.3, 0.4) is 0 Å². The number of epoxide rings is 2. The summed E-state index contributed by atoms with van der Waals surface area (Å²) in [6.45, 7) is 5.53. The maximum absolute atomic E-state index is 5.53. The summed E-state index contributed by atoms with van der Waals surface area (Å²) < 4.78 is 15.9. The molecule has 2 atom stereocenters. The van der Waals surface area contributed by atoms with Gasteiger partial charge in [0.1, 0.15) is 6.10 Å². The molecule has 0 aromatic rings. The van der Waals surface area contributed by atoms with Crippen LogP contribution >= 0.6 is 0 Å². The largest absolute Gasteiger partial charge is 0.375 e. The van der Waals surface area contributed by atoms with Gasteiger partial charge in [-0.2, -0.15) is 0 Å². The van der Waals surface area contributed by atoms with E-state index >= 15 is 0 Å². The Bertz CT molecular complexity index is 229. The molecule has 0 aliphatic carbocycles. The minimum atomic E-state index is 0.374. The molecule has 0 amide bonds. The molecule has 0 aromatic carbocycles. The van der Waals surface area contributed by atoms with Crippen LogP contribution in [-0.2, 0) is 14.2 Å². The highest BCUT2D eigenvalue weighted by Crippen LogP contribution is 2.22. The average molecular weight is 226 g/mol. The van der Waals surface area contributed by atoms with E-state index < -0.39 is 0 Å². The fraction of sp³-hybridized carbons (Fsp3) is 0.846. The summed E-state index contributed by atoms with van der Waals surface area (Å²) in [5, 5.41) is 0. The van der Waals surface area contributed by atoms with Crippen molar-refractivity contribution in [1.82, 2.24) is 0 Å². The Morgan fingerprint density at radius 3 is 2.69 bits per heavy atom. The Morgan fingerprint density at radius 1 is 1.31 bits per heavy atom. The second-order valence-corrected chi connectivity index (χ2v) is 4.62. The zero-order chi connectivity index (χ0) is 11.2. The molecule has 0 spiro atoms. The molecule has 2 unspecified atom stereocenters. The average Bonchev–Trinajstić information content (AvgIpc) is 3.13. The van der Waals surface area contributed by atoms with Crippen molar-refractivity contribution in [2.24, 2.45) is 0 Å². The molecule has 3 nitrogen and oxygen atoms in total. The molecule has 0 bridgehead atoms. The molecule has 0 saturated carbocycles. The Balaban J connectivity index is 1.62. The molecule has 2 aliphatic rings. The summed E-state index contributed by atoms with van der Waals surface area (Å²) in [5.41, 5.74) is 1.50. The lowest BCUT2D eigenvalue weighted by Crippen LogP contribution is -2.02. The Morgan fingerprint density at radius 2 is 2.06 bits per heavy atom. The van der Waals surface area contributed by atoms with Crippen molar-refractivity contribution in [3.63, 3.8) is 0 Å². The molecular weight excluding hydrogens is 204 g/mol. The molecule has 16 heavy (non-hydrogen) atoms. The molecule has 2 saturated heterocycles. The molecule has 0 N–H and O–H groups in total. The summed E-state index contributed by atoms with van der Waals surface area (Å²) >= 11 is 0. The van der Waals surface area contributed by atoms with Crippen molar-refractivity contribution in [3.05, 3.63) is 11.6 Å². The molecule has 0 radical (unpaired) electrons. The highest BCUT2D eigenvalue weighted by atomic mass is 16.6. The fourth-order valence-electron chi connectivity index (χ4n) is 1.71. The minimum Gasteiger partial charge on any atom is -0.375 e. The molecule has 92 valence electrons. The summed E-state index contributed by atoms with van der Waals surface area (Å²) in [6, 6.07) is 0. The molecule has 2 fully saturated rings. The van der Waals surface area contributed by atoms with Crippen molar-refractivity contribution >= 4 is 0 Å². The van der Waals surface area contributed by atoms with Crippen LogP contribution in [-0.4, -0.2) is 38.6 Å². The van der Waals surface area contributed by atoms with Gasteiger partial charge in [0.25, 0.3) is 0 Å². The number of hydrogen-bond acceptors (Lipinski definition) is 3. The third-order valence-electron chi connectivity index (χ3n) is 2.94. The van der Waals surface area contributed by atoms with E-state index in [1.807, 2.05) is 0 Å². The summed E-state index contributed by atoms with van der Waals surface area (Å²) in [6.07, 6.45) is 7.92. The topological polar surface area (TPSA) is 34.3 Å². The van der Waals surface area contributed by atoms with Gasteiger partial charge >= 0.3 is 0 Å². The second-order valence-electron chi connectivity index (χ2n) is 4.62. The zero-order valence-electron chi connectivity index (χ0n) is 10.1. The van der Waals surface area contributed by atoms with E-state index in [0.717, 1.165) is 32.8 Å². The monoisotopic (exact) mass is 226 g/mol. The van der Waals surface area contributed by atoms with Crippen LogP contribution in [0, 0.1) is 0 Å². The van der Waals surface area contributed by atoms with Gasteiger partial charge in [-0.1, -0.05) is 25.0 Å². The predicted octanol–water partition coefficient (Wildman–Crippen LogP) is 2.31. The first-order chi connectivity index (χ1) is 7.88. The summed E-state index contributed by atoms with van der Waals surface area (Å²) in [4.78, 5) is 0. The first kappa shape index (κ1) is 12.1. The van der Waals surface area contributed by atoms with Gasteiger partial charge in [-0.05, 0) is 19.3 Å². The van der Waals surface area contributed by atoms with Gasteiger partial charge in [-0.3, -0.25) is 0 Å². The van der Waals surface area contributed by atoms with Gasteiger partial charge in [-0.15, -0.1) is 0 Å². The van der Waals surface area contributed by atoms with Crippen molar-refractivity contribution in [2.45, 2.75) is 44.8 Å². The van der Waals surface area contributed by atoms with Gasteiger partial charge in [0.05, 0.1) is 32.5 Å². The normalized spacial score (nSPS) is 28.2. The van der Waals surface area contributed by atoms with Gasteiger partial charge in [-0.25, -0.2) is 0 Å². The molecule has 3 heteroatoms. The van der Waals surface area contributed by atoms with E-state index in [9.17, 15) is 0 Å². The van der Waals surface area contributed by atoms with E-state index in [1.165, 1.54) is 24.8 Å². The van der Waals surface area contributed by atoms with Crippen LogP contribution in [0.25, 0.3) is 0 Å². The van der Waals surface area contributed by atoms with E-state index in [-0.39, 0.29) is 0 Å². The lowest BCUT2D eigenvalue weighted by Gasteiger charge is -2.05. The summed E-state index contributed by atoms with van der Waals surface area (Å²) in [7, 11) is 0. The Labute approximate surface area is 97.8 Å². The predicted molar refractivity (Wildman–Crippen MR) is 62.5 cm³/mol. The van der Waals surface area contributed by atoms with Crippen molar-refractivity contribution in [3.8, 4) is 0 Å². The van der Waals surface area contributed by atoms with Gasteiger partial charge in [0.2, 0.25) is 0 Å². The molecule has 2 aliphatic heterocycles. The lowest BCUT2D eigenvalue weighted by atomic mass is 10.0. The van der Waals surface area contributed by atoms with Gasteiger partial charge in [0.15, 0.2) is 0 Å². The zero-order valence-corrected chi connectivity index (χ0v) is 10.1. The van der Waals surface area contributed by atoms with Crippen LogP contribution in [0.1, 0.15) is 32.6 Å². The van der Waals surface area contributed by atoms with Crippen molar-refractivity contribution in [1.29, 1.82) is 0 Å². The Kier molecular flexibility index (Phi) is 4.82. The first-order valence-electron chi connectivity index (χ1n) is 6.37. The lowest BCUT2D eigenvalue weighted by molar-refractivity contribution is 0.140. The maximum atomic E-state index is 5.53. The first-order valence-corrected chi connectivity index (χ1v) is 6.37. The van der Waals surface area contributed by atoms with E-state index in [0.29, 0.717) is 12.2 Å². The molecule has 2 rings (SSSR count). The van der Waals surface area contributed by atoms with Crippen LogP contribution < -0.4 is 0 Å².